The van der Waals surface area contributed by atoms with Crippen LogP contribution in [-0.2, 0) is 33.2 Å². The fraction of sp³-hybridized carbons (Fsp3) is 0.764. The fourth-order valence-electron chi connectivity index (χ4n) is 7.89. The normalized spacial score (nSPS) is 26.3. The van der Waals surface area contributed by atoms with Crippen LogP contribution in [0.4, 0.5) is 0 Å². The first-order chi connectivity index (χ1) is 33.6. The molecule has 0 saturated carbocycles. The summed E-state index contributed by atoms with van der Waals surface area (Å²) in [7, 11) is 0. The second-order valence-corrected chi connectivity index (χ2v) is 18.3. The highest BCUT2D eigenvalue weighted by Gasteiger charge is 2.47. The summed E-state index contributed by atoms with van der Waals surface area (Å²) in [5.74, 6) is -0.398. The molecule has 0 spiro atoms. The lowest BCUT2D eigenvalue weighted by Crippen LogP contribution is -2.61. The molecule has 69 heavy (non-hydrogen) atoms. The molecule has 0 amide bonds. The molecule has 2 aliphatic heterocycles. The highest BCUT2D eigenvalue weighted by molar-refractivity contribution is 5.69. The standard InChI is InChI=1S/C55H94O14/c1-3-5-7-9-11-13-15-17-19-21-23-25-27-29-31-33-35-37-39-64-41-44(67-47(57)38-36-34-32-30-28-26-24-22-20-18-16-14-12-10-8-6-4-2)42-65-54-53(63)51(61)49(59)46(69-54)43-66-55-52(62)50(60)48(58)45(40-56)68-55/h5,7,11,13,17-20,23,25,29,31,44-46,48-56,58-63H,3-4,6,8-10,12,14-16,21-22,24,26-28,30,32-43H2,1-2H3/b7-5-,13-11-,19-17-,20-18-,25-23-,31-29-. The molecule has 0 bridgehead atoms. The summed E-state index contributed by atoms with van der Waals surface area (Å²) in [6, 6.07) is 0. The van der Waals surface area contributed by atoms with Gasteiger partial charge in [-0.3, -0.25) is 4.79 Å². The average Bonchev–Trinajstić information content (AvgIpc) is 3.35. The molecular formula is C55H94O14. The van der Waals surface area contributed by atoms with Crippen LogP contribution in [0.15, 0.2) is 72.9 Å². The van der Waals surface area contributed by atoms with E-state index in [0.29, 0.717) is 13.0 Å². The molecule has 11 atom stereocenters. The van der Waals surface area contributed by atoms with E-state index in [4.69, 9.17) is 28.4 Å². The summed E-state index contributed by atoms with van der Waals surface area (Å²) < 4.78 is 34.2. The number of unbranched alkanes of at least 4 members (excludes halogenated alkanes) is 15. The Kier molecular flexibility index (Phi) is 38.1. The molecule has 14 heteroatoms. The molecule has 0 aliphatic carbocycles. The van der Waals surface area contributed by atoms with Crippen molar-refractivity contribution in [2.24, 2.45) is 0 Å². The second kappa shape index (κ2) is 42.0. The van der Waals surface area contributed by atoms with Gasteiger partial charge < -0.3 is 64.2 Å². The quantitative estimate of drug-likeness (QED) is 0.0175. The molecule has 0 aromatic heterocycles. The topological polar surface area (TPSA) is 214 Å². The van der Waals surface area contributed by atoms with E-state index in [1.165, 1.54) is 64.2 Å². The van der Waals surface area contributed by atoms with Crippen molar-refractivity contribution in [2.75, 3.05) is 33.0 Å². The van der Waals surface area contributed by atoms with Crippen LogP contribution >= 0.6 is 0 Å². The lowest BCUT2D eigenvalue weighted by molar-refractivity contribution is -0.332. The maximum Gasteiger partial charge on any atom is 0.306 e. The third-order valence-electron chi connectivity index (χ3n) is 12.2. The van der Waals surface area contributed by atoms with Gasteiger partial charge in [-0.15, -0.1) is 0 Å². The summed E-state index contributed by atoms with van der Waals surface area (Å²) in [6.45, 7) is 3.44. The zero-order valence-corrected chi connectivity index (χ0v) is 42.3. The fourth-order valence-corrected chi connectivity index (χ4v) is 7.89. The van der Waals surface area contributed by atoms with E-state index in [-0.39, 0.29) is 19.6 Å². The van der Waals surface area contributed by atoms with Crippen LogP contribution < -0.4 is 0 Å². The van der Waals surface area contributed by atoms with Crippen LogP contribution in [-0.4, -0.2) is 142 Å². The van der Waals surface area contributed by atoms with Crippen molar-refractivity contribution in [1.29, 1.82) is 0 Å². The molecule has 398 valence electrons. The van der Waals surface area contributed by atoms with Gasteiger partial charge in [0.1, 0.15) is 54.9 Å². The lowest BCUT2D eigenvalue weighted by atomic mass is 9.98. The smallest absolute Gasteiger partial charge is 0.306 e. The van der Waals surface area contributed by atoms with Gasteiger partial charge in [0.2, 0.25) is 0 Å². The van der Waals surface area contributed by atoms with E-state index < -0.39 is 86.7 Å². The van der Waals surface area contributed by atoms with Crippen LogP contribution in [0.1, 0.15) is 168 Å². The first kappa shape index (κ1) is 62.5. The molecule has 0 aromatic rings. The van der Waals surface area contributed by atoms with Gasteiger partial charge in [-0.2, -0.15) is 0 Å². The Morgan fingerprint density at radius 1 is 0.493 bits per heavy atom. The minimum Gasteiger partial charge on any atom is -0.457 e. The molecule has 2 fully saturated rings. The highest BCUT2D eigenvalue weighted by atomic mass is 16.7. The van der Waals surface area contributed by atoms with Crippen molar-refractivity contribution in [3.8, 4) is 0 Å². The number of allylic oxidation sites excluding steroid dienone is 12. The maximum absolute atomic E-state index is 13.0. The van der Waals surface area contributed by atoms with Crippen molar-refractivity contribution >= 4 is 5.97 Å². The van der Waals surface area contributed by atoms with Gasteiger partial charge >= 0.3 is 5.97 Å². The van der Waals surface area contributed by atoms with Gasteiger partial charge in [0, 0.05) is 13.0 Å². The minimum absolute atomic E-state index is 0.0271. The van der Waals surface area contributed by atoms with Gasteiger partial charge in [0.25, 0.3) is 0 Å². The largest absolute Gasteiger partial charge is 0.457 e. The molecule has 2 aliphatic rings. The number of aliphatic hydroxyl groups is 7. The van der Waals surface area contributed by atoms with E-state index in [2.05, 4.69) is 86.8 Å². The summed E-state index contributed by atoms with van der Waals surface area (Å²) in [5.41, 5.74) is 0. The predicted molar refractivity (Wildman–Crippen MR) is 270 cm³/mol. The molecule has 14 nitrogen and oxygen atoms in total. The SMILES string of the molecule is CC/C=C\C/C=C\C/C=C\C/C=C\C/C=C\CCCCOCC(COC1OC(COC2OC(CO)C(O)C(O)C2O)C(O)C(O)C1O)OC(=O)CCCCCCCCC/C=C\CCCCCCCC. The molecule has 2 rings (SSSR count). The molecule has 2 saturated heterocycles. The maximum atomic E-state index is 13.0. The van der Waals surface area contributed by atoms with Crippen molar-refractivity contribution in [3.05, 3.63) is 72.9 Å². The molecule has 7 N–H and O–H groups in total. The molecule has 0 radical (unpaired) electrons. The Hall–Kier alpha value is -2.57. The number of carbonyl (C=O) groups excluding carboxylic acids is 1. The van der Waals surface area contributed by atoms with Crippen molar-refractivity contribution in [2.45, 2.75) is 235 Å². The van der Waals surface area contributed by atoms with Gasteiger partial charge in [-0.05, 0) is 83.5 Å². The number of esters is 1. The Morgan fingerprint density at radius 3 is 1.49 bits per heavy atom. The summed E-state index contributed by atoms with van der Waals surface area (Å²) in [5, 5.41) is 72.2. The van der Waals surface area contributed by atoms with Gasteiger partial charge in [-0.1, -0.05) is 151 Å². The number of carbonyl (C=O) groups is 1. The highest BCUT2D eigenvalue weighted by Crippen LogP contribution is 2.26. The second-order valence-electron chi connectivity index (χ2n) is 18.3. The van der Waals surface area contributed by atoms with E-state index in [9.17, 15) is 40.5 Å². The Morgan fingerprint density at radius 2 is 0.942 bits per heavy atom. The van der Waals surface area contributed by atoms with Gasteiger partial charge in [0.05, 0.1) is 26.4 Å². The van der Waals surface area contributed by atoms with Gasteiger partial charge in [0.15, 0.2) is 12.6 Å². The van der Waals surface area contributed by atoms with E-state index in [0.717, 1.165) is 77.0 Å². The molecule has 2 heterocycles. The van der Waals surface area contributed by atoms with Gasteiger partial charge in [-0.25, -0.2) is 0 Å². The van der Waals surface area contributed by atoms with Crippen LogP contribution in [0.5, 0.6) is 0 Å². The molecule has 0 aromatic carbocycles. The van der Waals surface area contributed by atoms with E-state index >= 15 is 0 Å². The van der Waals surface area contributed by atoms with Crippen molar-refractivity contribution in [1.82, 2.24) is 0 Å². The first-order valence-electron chi connectivity index (χ1n) is 26.5. The summed E-state index contributed by atoms with van der Waals surface area (Å²) in [4.78, 5) is 13.0. The number of hydrogen-bond acceptors (Lipinski definition) is 14. The predicted octanol–water partition coefficient (Wildman–Crippen LogP) is 8.29. The average molecular weight is 979 g/mol. The van der Waals surface area contributed by atoms with E-state index in [1.807, 2.05) is 0 Å². The third-order valence-corrected chi connectivity index (χ3v) is 12.2. The number of ether oxygens (including phenoxy) is 6. The number of rotatable bonds is 41. The lowest BCUT2D eigenvalue weighted by Gasteiger charge is -2.42. The van der Waals surface area contributed by atoms with Crippen molar-refractivity contribution < 1.29 is 69.0 Å². The minimum atomic E-state index is -1.72. The first-order valence-corrected chi connectivity index (χ1v) is 26.5. The van der Waals surface area contributed by atoms with Crippen LogP contribution in [0.3, 0.4) is 0 Å². The Balaban J connectivity index is 1.79. The molecule has 11 unspecified atom stereocenters. The van der Waals surface area contributed by atoms with E-state index in [1.54, 1.807) is 0 Å². The third kappa shape index (κ3) is 29.5. The molecular weight excluding hydrogens is 885 g/mol. The monoisotopic (exact) mass is 979 g/mol. The number of hydrogen-bond donors (Lipinski definition) is 7. The zero-order chi connectivity index (χ0) is 50.2. The number of aliphatic hydroxyl groups excluding tert-OH is 7. The Bertz CT molecular complexity index is 1410. The van der Waals surface area contributed by atoms with Crippen LogP contribution in [0, 0.1) is 0 Å². The summed E-state index contributed by atoms with van der Waals surface area (Å²) in [6.07, 6.45) is 35.4. The van der Waals surface area contributed by atoms with Crippen LogP contribution in [0.25, 0.3) is 0 Å². The Labute approximate surface area is 415 Å². The van der Waals surface area contributed by atoms with Crippen LogP contribution in [0.2, 0.25) is 0 Å². The van der Waals surface area contributed by atoms with Crippen molar-refractivity contribution in [3.63, 3.8) is 0 Å². The zero-order valence-electron chi connectivity index (χ0n) is 42.3. The summed E-state index contributed by atoms with van der Waals surface area (Å²) >= 11 is 0.